The quantitative estimate of drug-likeness (QED) is 0.881. The first-order chi connectivity index (χ1) is 12.8. The van der Waals surface area contributed by atoms with E-state index < -0.39 is 0 Å². The largest absolute Gasteiger partial charge is 0.348 e. The summed E-state index contributed by atoms with van der Waals surface area (Å²) in [6.07, 6.45) is 7.18. The molecule has 138 valence electrons. The van der Waals surface area contributed by atoms with Crippen LogP contribution >= 0.6 is 0 Å². The highest BCUT2D eigenvalue weighted by molar-refractivity contribution is 5.22. The lowest BCUT2D eigenvalue weighted by atomic mass is 9.84. The Kier molecular flexibility index (Phi) is 4.17. The Bertz CT molecular complexity index is 819. The Morgan fingerprint density at radius 2 is 2.04 bits per heavy atom. The molecule has 2 saturated heterocycles. The molecule has 3 aliphatic rings. The minimum Gasteiger partial charge on any atom is -0.348 e. The van der Waals surface area contributed by atoms with Crippen molar-refractivity contribution in [3.63, 3.8) is 0 Å². The minimum absolute atomic E-state index is 0.243. The first-order valence-corrected chi connectivity index (χ1v) is 9.93. The van der Waals surface area contributed by atoms with Crippen LogP contribution in [0.3, 0.4) is 0 Å². The maximum atomic E-state index is 13.1. The lowest BCUT2D eigenvalue weighted by Crippen LogP contribution is -2.45. The molecule has 0 unspecified atom stereocenters. The summed E-state index contributed by atoms with van der Waals surface area (Å²) >= 11 is 0. The number of hydrogen-bond donors (Lipinski definition) is 2. The van der Waals surface area contributed by atoms with Crippen molar-refractivity contribution in [1.29, 1.82) is 0 Å². The van der Waals surface area contributed by atoms with E-state index in [1.807, 2.05) is 12.4 Å². The molecule has 2 atom stereocenters. The van der Waals surface area contributed by atoms with Crippen LogP contribution in [0.15, 0.2) is 29.3 Å². The van der Waals surface area contributed by atoms with Gasteiger partial charge in [-0.25, -0.2) is 4.98 Å². The molecule has 2 N–H and O–H groups in total. The van der Waals surface area contributed by atoms with E-state index in [1.165, 1.54) is 12.1 Å². The summed E-state index contributed by atoms with van der Waals surface area (Å²) in [7, 11) is 0. The van der Waals surface area contributed by atoms with E-state index in [0.717, 1.165) is 63.5 Å². The fourth-order valence-corrected chi connectivity index (χ4v) is 5.06. The number of nitrogens with zero attached hydrogens (tertiary/aromatic N) is 3. The van der Waals surface area contributed by atoms with Gasteiger partial charge in [0.15, 0.2) is 0 Å². The van der Waals surface area contributed by atoms with Gasteiger partial charge in [0.2, 0.25) is 0 Å². The molecule has 5 rings (SSSR count). The zero-order valence-corrected chi connectivity index (χ0v) is 15.2. The maximum Gasteiger partial charge on any atom is 0.255 e. The third-order valence-electron chi connectivity index (χ3n) is 6.48. The molecule has 3 aliphatic heterocycles. The van der Waals surface area contributed by atoms with Crippen molar-refractivity contribution in [2.45, 2.75) is 44.2 Å². The van der Waals surface area contributed by atoms with Crippen molar-refractivity contribution >= 4 is 0 Å². The van der Waals surface area contributed by atoms with Crippen LogP contribution < -0.4 is 10.9 Å². The lowest BCUT2D eigenvalue weighted by molar-refractivity contribution is 0.199. The number of rotatable bonds is 3. The molecule has 2 bridgehead atoms. The molecule has 26 heavy (non-hydrogen) atoms. The Balaban J connectivity index is 1.30. The van der Waals surface area contributed by atoms with Gasteiger partial charge in [0.05, 0.1) is 0 Å². The molecule has 0 saturated carbocycles. The smallest absolute Gasteiger partial charge is 0.255 e. The van der Waals surface area contributed by atoms with Gasteiger partial charge in [-0.2, -0.15) is 0 Å². The van der Waals surface area contributed by atoms with Crippen molar-refractivity contribution in [2.75, 3.05) is 26.2 Å². The molecule has 2 aromatic heterocycles. The molecule has 0 spiro atoms. The van der Waals surface area contributed by atoms with Crippen molar-refractivity contribution in [2.24, 2.45) is 5.92 Å². The highest BCUT2D eigenvalue weighted by Crippen LogP contribution is 2.32. The number of H-pyrrole nitrogens is 1. The Morgan fingerprint density at radius 1 is 1.15 bits per heavy atom. The SMILES string of the molecule is O=c1c(CN2CCC(c3ncc[nH]3)CC2)ccc2n1C[C@@H]1CNC[C@H]2C1. The van der Waals surface area contributed by atoms with Crippen LogP contribution in [0, 0.1) is 5.92 Å². The Hall–Kier alpha value is -1.92. The van der Waals surface area contributed by atoms with Crippen LogP contribution in [-0.4, -0.2) is 45.6 Å². The van der Waals surface area contributed by atoms with Gasteiger partial charge < -0.3 is 14.9 Å². The minimum atomic E-state index is 0.243. The van der Waals surface area contributed by atoms with Gasteiger partial charge in [0, 0.05) is 55.1 Å². The molecule has 2 fully saturated rings. The molecule has 5 heterocycles. The average Bonchev–Trinajstić information content (AvgIpc) is 3.20. The van der Waals surface area contributed by atoms with E-state index in [1.54, 1.807) is 0 Å². The van der Waals surface area contributed by atoms with Crippen LogP contribution in [0.4, 0.5) is 0 Å². The van der Waals surface area contributed by atoms with Crippen LogP contribution in [0.1, 0.15) is 48.2 Å². The first kappa shape index (κ1) is 16.3. The number of piperidine rings is 2. The number of nitrogens with one attached hydrogen (secondary N) is 2. The number of pyridine rings is 1. The zero-order valence-electron chi connectivity index (χ0n) is 15.2. The number of aromatic amines is 1. The molecule has 0 aromatic carbocycles. The fraction of sp³-hybridized carbons (Fsp3) is 0.600. The molecular weight excluding hydrogens is 326 g/mol. The summed E-state index contributed by atoms with van der Waals surface area (Å²) in [6, 6.07) is 4.29. The van der Waals surface area contributed by atoms with E-state index in [9.17, 15) is 4.79 Å². The molecule has 0 radical (unpaired) electrons. The average molecular weight is 353 g/mol. The van der Waals surface area contributed by atoms with Gasteiger partial charge >= 0.3 is 0 Å². The number of aromatic nitrogens is 3. The van der Waals surface area contributed by atoms with Crippen LogP contribution in [0.2, 0.25) is 0 Å². The van der Waals surface area contributed by atoms with E-state index in [4.69, 9.17) is 0 Å². The molecule has 6 heteroatoms. The van der Waals surface area contributed by atoms with E-state index in [-0.39, 0.29) is 5.56 Å². The topological polar surface area (TPSA) is 66.0 Å². The molecule has 2 aromatic rings. The van der Waals surface area contributed by atoms with Gasteiger partial charge in [-0.3, -0.25) is 9.69 Å². The highest BCUT2D eigenvalue weighted by atomic mass is 16.1. The van der Waals surface area contributed by atoms with Crippen molar-refractivity contribution in [3.05, 3.63) is 52.0 Å². The van der Waals surface area contributed by atoms with Gasteiger partial charge in [0.1, 0.15) is 5.82 Å². The summed E-state index contributed by atoms with van der Waals surface area (Å²) in [6.45, 7) is 5.77. The fourth-order valence-electron chi connectivity index (χ4n) is 5.06. The predicted molar refractivity (Wildman–Crippen MR) is 100 cm³/mol. The third kappa shape index (κ3) is 2.91. The predicted octanol–water partition coefficient (Wildman–Crippen LogP) is 1.66. The third-order valence-corrected chi connectivity index (χ3v) is 6.48. The first-order valence-electron chi connectivity index (χ1n) is 9.93. The summed E-state index contributed by atoms with van der Waals surface area (Å²) in [5.41, 5.74) is 2.43. The summed E-state index contributed by atoms with van der Waals surface area (Å²) in [5.74, 6) is 2.75. The van der Waals surface area contributed by atoms with Gasteiger partial charge in [0.25, 0.3) is 5.56 Å². The number of fused-ring (bicyclic) bond motifs is 4. The second-order valence-corrected chi connectivity index (χ2v) is 8.18. The maximum absolute atomic E-state index is 13.1. The van der Waals surface area contributed by atoms with Crippen LogP contribution in [0.5, 0.6) is 0 Å². The van der Waals surface area contributed by atoms with Crippen molar-refractivity contribution in [3.8, 4) is 0 Å². The normalized spacial score (nSPS) is 26.6. The molecule has 0 aliphatic carbocycles. The standard InChI is InChI=1S/C20H27N5O/c26-20-16(1-2-18-17-9-14(10-21-11-17)12-25(18)20)13-24-7-3-15(4-8-24)19-22-5-6-23-19/h1-2,5-6,14-15,17,21H,3-4,7-13H2,(H,22,23)/t14-,17+/m0/s1. The van der Waals surface area contributed by atoms with E-state index in [0.29, 0.717) is 17.8 Å². The Morgan fingerprint density at radius 3 is 2.85 bits per heavy atom. The summed E-state index contributed by atoms with van der Waals surface area (Å²) < 4.78 is 2.07. The van der Waals surface area contributed by atoms with Crippen LogP contribution in [-0.2, 0) is 13.1 Å². The van der Waals surface area contributed by atoms with Crippen molar-refractivity contribution < 1.29 is 0 Å². The van der Waals surface area contributed by atoms with Gasteiger partial charge in [-0.1, -0.05) is 6.07 Å². The van der Waals surface area contributed by atoms with E-state index in [2.05, 4.69) is 36.9 Å². The zero-order chi connectivity index (χ0) is 17.5. The van der Waals surface area contributed by atoms with E-state index >= 15 is 0 Å². The second-order valence-electron chi connectivity index (χ2n) is 8.18. The molecular formula is C20H27N5O. The highest BCUT2D eigenvalue weighted by Gasteiger charge is 2.31. The number of likely N-dealkylation sites (tertiary alicyclic amines) is 1. The monoisotopic (exact) mass is 353 g/mol. The van der Waals surface area contributed by atoms with Crippen molar-refractivity contribution in [1.82, 2.24) is 24.8 Å². The summed E-state index contributed by atoms with van der Waals surface area (Å²) in [4.78, 5) is 23.1. The lowest BCUT2D eigenvalue weighted by Gasteiger charge is -2.38. The molecule has 6 nitrogen and oxygen atoms in total. The Labute approximate surface area is 153 Å². The van der Waals surface area contributed by atoms with Crippen LogP contribution in [0.25, 0.3) is 0 Å². The second kappa shape index (κ2) is 6.67. The number of imidazole rings is 1. The van der Waals surface area contributed by atoms with Gasteiger partial charge in [-0.05, 0) is 50.9 Å². The number of hydrogen-bond acceptors (Lipinski definition) is 4. The van der Waals surface area contributed by atoms with Gasteiger partial charge in [-0.15, -0.1) is 0 Å². The summed E-state index contributed by atoms with van der Waals surface area (Å²) in [5, 5.41) is 3.51. The molecule has 0 amide bonds.